The van der Waals surface area contributed by atoms with E-state index >= 15 is 0 Å². The smallest absolute Gasteiger partial charge is 0.239 e. The van der Waals surface area contributed by atoms with Gasteiger partial charge >= 0.3 is 0 Å². The van der Waals surface area contributed by atoms with Crippen molar-refractivity contribution in [3.63, 3.8) is 0 Å². The molecule has 0 aliphatic carbocycles. The Balaban J connectivity index is 4.21. The van der Waals surface area contributed by atoms with Crippen LogP contribution in [-0.4, -0.2) is 56.4 Å². The van der Waals surface area contributed by atoms with E-state index in [0.717, 1.165) is 19.3 Å². The Morgan fingerprint density at radius 2 is 1.63 bits per heavy atom. The molecule has 0 aromatic carbocycles. The number of rotatable bonds is 12. The molecule has 0 saturated heterocycles. The number of nitrogens with two attached hydrogens (primary N) is 1. The van der Waals surface area contributed by atoms with Gasteiger partial charge in [0.25, 0.3) is 0 Å². The fourth-order valence-corrected chi connectivity index (χ4v) is 1.75. The van der Waals surface area contributed by atoms with E-state index in [4.69, 9.17) is 15.2 Å². The van der Waals surface area contributed by atoms with Crippen molar-refractivity contribution in [1.29, 1.82) is 0 Å². The monoisotopic (exact) mass is 274 g/mol. The number of nitrogens with zero attached hydrogens (tertiary/aromatic N) is 1. The number of hydrogen-bond donors (Lipinski definition) is 1. The molecule has 0 aliphatic heterocycles. The van der Waals surface area contributed by atoms with Gasteiger partial charge in [-0.2, -0.15) is 0 Å². The van der Waals surface area contributed by atoms with Crippen molar-refractivity contribution >= 4 is 5.91 Å². The molecule has 0 fully saturated rings. The van der Waals surface area contributed by atoms with Gasteiger partial charge in [-0.25, -0.2) is 0 Å². The summed E-state index contributed by atoms with van der Waals surface area (Å²) in [5.41, 5.74) is 5.94. The van der Waals surface area contributed by atoms with Gasteiger partial charge in [0.2, 0.25) is 5.91 Å². The van der Waals surface area contributed by atoms with Crippen molar-refractivity contribution in [2.24, 2.45) is 5.73 Å². The van der Waals surface area contributed by atoms with Crippen LogP contribution in [0.5, 0.6) is 0 Å². The zero-order valence-electron chi connectivity index (χ0n) is 12.7. The second-order valence-corrected chi connectivity index (χ2v) is 4.47. The van der Waals surface area contributed by atoms with Crippen LogP contribution in [0.25, 0.3) is 0 Å². The molecule has 0 radical (unpaired) electrons. The number of hydrogen-bond acceptors (Lipinski definition) is 4. The van der Waals surface area contributed by atoms with Crippen molar-refractivity contribution in [3.8, 4) is 0 Å². The Bertz CT molecular complexity index is 215. The van der Waals surface area contributed by atoms with Gasteiger partial charge in [0.1, 0.15) is 0 Å². The van der Waals surface area contributed by atoms with Crippen molar-refractivity contribution in [2.75, 3.05) is 39.5 Å². The number of carbonyl (C=O) groups is 1. The van der Waals surface area contributed by atoms with E-state index in [0.29, 0.717) is 39.5 Å². The number of unbranched alkanes of at least 4 members (excludes halogenated alkanes) is 1. The van der Waals surface area contributed by atoms with Crippen LogP contribution in [0, 0.1) is 0 Å². The van der Waals surface area contributed by atoms with Gasteiger partial charge in [0, 0.05) is 26.3 Å². The first-order valence-electron chi connectivity index (χ1n) is 7.37. The fraction of sp³-hybridized carbons (Fsp3) is 0.929. The Morgan fingerprint density at radius 1 is 1.11 bits per heavy atom. The molecule has 5 nitrogen and oxygen atoms in total. The van der Waals surface area contributed by atoms with Gasteiger partial charge in [-0.05, 0) is 20.3 Å². The average Bonchev–Trinajstić information content (AvgIpc) is 2.42. The molecule has 1 atom stereocenters. The van der Waals surface area contributed by atoms with E-state index in [1.54, 1.807) is 4.90 Å². The molecule has 19 heavy (non-hydrogen) atoms. The summed E-state index contributed by atoms with van der Waals surface area (Å²) >= 11 is 0. The lowest BCUT2D eigenvalue weighted by atomic mass is 10.1. The molecule has 0 aromatic rings. The second-order valence-electron chi connectivity index (χ2n) is 4.47. The van der Waals surface area contributed by atoms with Crippen LogP contribution in [-0.2, 0) is 14.3 Å². The van der Waals surface area contributed by atoms with Gasteiger partial charge in [-0.1, -0.05) is 19.8 Å². The molecule has 0 rings (SSSR count). The van der Waals surface area contributed by atoms with Gasteiger partial charge in [0.15, 0.2) is 0 Å². The predicted octanol–water partition coefficient (Wildman–Crippen LogP) is 1.41. The number of carbonyl (C=O) groups excluding carboxylic acids is 1. The summed E-state index contributed by atoms with van der Waals surface area (Å²) in [7, 11) is 0. The largest absolute Gasteiger partial charge is 0.380 e. The molecule has 0 heterocycles. The minimum atomic E-state index is -0.400. The van der Waals surface area contributed by atoms with Gasteiger partial charge in [-0.15, -0.1) is 0 Å². The van der Waals surface area contributed by atoms with Gasteiger partial charge in [0.05, 0.1) is 19.3 Å². The lowest BCUT2D eigenvalue weighted by Crippen LogP contribution is -2.46. The van der Waals surface area contributed by atoms with Crippen LogP contribution in [0.4, 0.5) is 0 Å². The quantitative estimate of drug-likeness (QED) is 0.546. The zero-order chi connectivity index (χ0) is 14.5. The van der Waals surface area contributed by atoms with Crippen LogP contribution >= 0.6 is 0 Å². The lowest BCUT2D eigenvalue weighted by molar-refractivity contribution is -0.134. The lowest BCUT2D eigenvalue weighted by Gasteiger charge is -2.25. The summed E-state index contributed by atoms with van der Waals surface area (Å²) in [6.07, 6.45) is 2.78. The van der Waals surface area contributed by atoms with Crippen LogP contribution in [0.3, 0.4) is 0 Å². The van der Waals surface area contributed by atoms with E-state index in [9.17, 15) is 4.79 Å². The van der Waals surface area contributed by atoms with Crippen molar-refractivity contribution < 1.29 is 14.3 Å². The molecule has 5 heteroatoms. The molecule has 1 amide bonds. The first kappa shape index (κ1) is 18.4. The highest BCUT2D eigenvalue weighted by Gasteiger charge is 2.20. The summed E-state index contributed by atoms with van der Waals surface area (Å²) in [6, 6.07) is -0.400. The normalized spacial score (nSPS) is 12.4. The van der Waals surface area contributed by atoms with Gasteiger partial charge < -0.3 is 20.1 Å². The molecule has 0 aliphatic rings. The molecule has 0 aromatic heterocycles. The predicted molar refractivity (Wildman–Crippen MR) is 77.1 cm³/mol. The van der Waals surface area contributed by atoms with E-state index < -0.39 is 6.04 Å². The second kappa shape index (κ2) is 12.4. The van der Waals surface area contributed by atoms with E-state index in [-0.39, 0.29) is 5.91 Å². The van der Waals surface area contributed by atoms with Crippen LogP contribution < -0.4 is 5.73 Å². The standard InChI is InChI=1S/C14H30N2O3/c1-4-7-8-13(15)14(17)16(9-11-18-5-2)10-12-19-6-3/h13H,4-12,15H2,1-3H3/t13-/m0/s1. The SMILES string of the molecule is CCCC[C@H](N)C(=O)N(CCOCC)CCOCC. The molecule has 2 N–H and O–H groups in total. The Kier molecular flexibility index (Phi) is 12.0. The maximum absolute atomic E-state index is 12.2. The number of amides is 1. The minimum absolute atomic E-state index is 0.00727. The molecule has 0 spiro atoms. The van der Waals surface area contributed by atoms with E-state index in [2.05, 4.69) is 6.92 Å². The van der Waals surface area contributed by atoms with Crippen LogP contribution in [0.15, 0.2) is 0 Å². The summed E-state index contributed by atoms with van der Waals surface area (Å²) < 4.78 is 10.6. The minimum Gasteiger partial charge on any atom is -0.380 e. The van der Waals surface area contributed by atoms with Crippen molar-refractivity contribution in [2.45, 2.75) is 46.1 Å². The Morgan fingerprint density at radius 3 is 2.05 bits per heavy atom. The third kappa shape index (κ3) is 8.97. The Labute approximate surface area is 117 Å². The first-order chi connectivity index (χ1) is 9.17. The molecular formula is C14H30N2O3. The molecule has 0 saturated carbocycles. The highest BCUT2D eigenvalue weighted by Crippen LogP contribution is 2.03. The summed E-state index contributed by atoms with van der Waals surface area (Å²) in [6.45, 7) is 9.57. The van der Waals surface area contributed by atoms with Crippen molar-refractivity contribution in [1.82, 2.24) is 4.90 Å². The zero-order valence-corrected chi connectivity index (χ0v) is 12.7. The number of ether oxygens (including phenoxy) is 2. The third-order valence-electron chi connectivity index (χ3n) is 2.92. The molecule has 0 unspecified atom stereocenters. The topological polar surface area (TPSA) is 64.8 Å². The maximum Gasteiger partial charge on any atom is 0.239 e. The first-order valence-corrected chi connectivity index (χ1v) is 7.37. The van der Waals surface area contributed by atoms with E-state index in [1.165, 1.54) is 0 Å². The highest BCUT2D eigenvalue weighted by molar-refractivity contribution is 5.81. The van der Waals surface area contributed by atoms with E-state index in [1.807, 2.05) is 13.8 Å². The average molecular weight is 274 g/mol. The molecule has 114 valence electrons. The van der Waals surface area contributed by atoms with Gasteiger partial charge in [-0.3, -0.25) is 4.79 Å². The summed E-state index contributed by atoms with van der Waals surface area (Å²) in [4.78, 5) is 14.0. The Hall–Kier alpha value is -0.650. The summed E-state index contributed by atoms with van der Waals surface area (Å²) in [5, 5.41) is 0. The fourth-order valence-electron chi connectivity index (χ4n) is 1.75. The van der Waals surface area contributed by atoms with Crippen molar-refractivity contribution in [3.05, 3.63) is 0 Å². The highest BCUT2D eigenvalue weighted by atomic mass is 16.5. The molecular weight excluding hydrogens is 244 g/mol. The van der Waals surface area contributed by atoms with Crippen LogP contribution in [0.1, 0.15) is 40.0 Å². The molecule has 0 bridgehead atoms. The summed E-state index contributed by atoms with van der Waals surface area (Å²) in [5.74, 6) is 0.00727. The maximum atomic E-state index is 12.2. The third-order valence-corrected chi connectivity index (χ3v) is 2.92. The van der Waals surface area contributed by atoms with Crippen LogP contribution in [0.2, 0.25) is 0 Å².